The number of ether oxygens (including phenoxy) is 1. The molecule has 0 aliphatic heterocycles. The summed E-state index contributed by atoms with van der Waals surface area (Å²) in [4.78, 5) is 0. The maximum absolute atomic E-state index is 5.88. The van der Waals surface area contributed by atoms with Crippen molar-refractivity contribution in [2.45, 2.75) is 76.4 Å². The van der Waals surface area contributed by atoms with Gasteiger partial charge in [-0.05, 0) is 44.6 Å². The highest BCUT2D eigenvalue weighted by Gasteiger charge is 2.44. The van der Waals surface area contributed by atoms with E-state index in [0.717, 1.165) is 12.5 Å². The van der Waals surface area contributed by atoms with E-state index in [-0.39, 0.29) is 5.60 Å². The van der Waals surface area contributed by atoms with Crippen LogP contribution in [0.3, 0.4) is 0 Å². The molecule has 2 aliphatic rings. The van der Waals surface area contributed by atoms with Gasteiger partial charge in [0.05, 0.1) is 5.60 Å². The lowest BCUT2D eigenvalue weighted by atomic mass is 9.71. The summed E-state index contributed by atoms with van der Waals surface area (Å²) in [6.45, 7) is 3.39. The first-order valence-electron chi connectivity index (χ1n) is 7.59. The van der Waals surface area contributed by atoms with Crippen LogP contribution in [0.15, 0.2) is 0 Å². The van der Waals surface area contributed by atoms with Gasteiger partial charge in [0.25, 0.3) is 0 Å². The fourth-order valence-electron chi connectivity index (χ4n) is 3.60. The van der Waals surface area contributed by atoms with E-state index in [4.69, 9.17) is 4.74 Å². The van der Waals surface area contributed by atoms with Crippen molar-refractivity contribution in [3.05, 3.63) is 0 Å². The Morgan fingerprint density at radius 3 is 2.41 bits per heavy atom. The molecule has 0 heterocycles. The molecule has 2 fully saturated rings. The Bertz CT molecular complexity index is 213. The summed E-state index contributed by atoms with van der Waals surface area (Å²) < 4.78 is 5.88. The van der Waals surface area contributed by atoms with E-state index in [1.54, 1.807) is 0 Å². The van der Waals surface area contributed by atoms with Crippen molar-refractivity contribution in [1.29, 1.82) is 0 Å². The Morgan fingerprint density at radius 1 is 1.24 bits per heavy atom. The van der Waals surface area contributed by atoms with Gasteiger partial charge >= 0.3 is 0 Å². The summed E-state index contributed by atoms with van der Waals surface area (Å²) in [6.07, 6.45) is 12.2. The Balaban J connectivity index is 1.91. The van der Waals surface area contributed by atoms with Crippen molar-refractivity contribution in [3.8, 4) is 0 Å². The van der Waals surface area contributed by atoms with E-state index in [9.17, 15) is 0 Å². The zero-order valence-electron chi connectivity index (χ0n) is 11.6. The quantitative estimate of drug-likeness (QED) is 0.734. The summed E-state index contributed by atoms with van der Waals surface area (Å²) in [5.74, 6) is 0.956. The second kappa shape index (κ2) is 6.19. The molecule has 1 atom stereocenters. The van der Waals surface area contributed by atoms with Crippen molar-refractivity contribution in [2.24, 2.45) is 5.92 Å². The van der Waals surface area contributed by atoms with Crippen LogP contribution in [0.5, 0.6) is 0 Å². The van der Waals surface area contributed by atoms with E-state index in [1.165, 1.54) is 57.8 Å². The molecule has 0 aromatic rings. The second-order valence-electron chi connectivity index (χ2n) is 6.02. The largest absolute Gasteiger partial charge is 0.377 e. The van der Waals surface area contributed by atoms with Crippen molar-refractivity contribution >= 4 is 0 Å². The Hall–Kier alpha value is -0.0800. The maximum Gasteiger partial charge on any atom is 0.0831 e. The van der Waals surface area contributed by atoms with E-state index >= 15 is 0 Å². The lowest BCUT2D eigenvalue weighted by Crippen LogP contribution is -2.57. The molecule has 0 saturated heterocycles. The molecule has 1 N–H and O–H groups in total. The molecule has 2 rings (SSSR count). The van der Waals surface area contributed by atoms with Gasteiger partial charge in [-0.15, -0.1) is 0 Å². The SMILES string of the molecule is CCCNC(CC1CCCC1)C1(OC)CCC1. The second-order valence-corrected chi connectivity index (χ2v) is 6.02. The first-order valence-corrected chi connectivity index (χ1v) is 7.59. The minimum atomic E-state index is 0.178. The van der Waals surface area contributed by atoms with Gasteiger partial charge < -0.3 is 10.1 Å². The number of nitrogens with one attached hydrogen (secondary N) is 1. The molecule has 0 amide bonds. The molecule has 0 spiro atoms. The van der Waals surface area contributed by atoms with Crippen LogP contribution >= 0.6 is 0 Å². The van der Waals surface area contributed by atoms with Crippen LogP contribution in [0, 0.1) is 5.92 Å². The van der Waals surface area contributed by atoms with Gasteiger partial charge in [0.2, 0.25) is 0 Å². The molecular formula is C15H29NO. The van der Waals surface area contributed by atoms with Crippen LogP contribution < -0.4 is 5.32 Å². The number of rotatable bonds is 7. The van der Waals surface area contributed by atoms with E-state index in [1.807, 2.05) is 7.11 Å². The summed E-state index contributed by atoms with van der Waals surface area (Å²) >= 11 is 0. The lowest BCUT2D eigenvalue weighted by molar-refractivity contribution is -0.103. The monoisotopic (exact) mass is 239 g/mol. The third kappa shape index (κ3) is 3.03. The molecule has 2 saturated carbocycles. The molecule has 1 unspecified atom stereocenters. The Labute approximate surface area is 107 Å². The van der Waals surface area contributed by atoms with Crippen LogP contribution in [0.25, 0.3) is 0 Å². The van der Waals surface area contributed by atoms with Crippen molar-refractivity contribution in [1.82, 2.24) is 5.32 Å². The molecule has 2 nitrogen and oxygen atoms in total. The highest BCUT2D eigenvalue weighted by molar-refractivity contribution is 5.00. The summed E-state index contributed by atoms with van der Waals surface area (Å²) in [5.41, 5.74) is 0.178. The molecule has 2 heteroatoms. The topological polar surface area (TPSA) is 21.3 Å². The number of hydrogen-bond donors (Lipinski definition) is 1. The molecule has 17 heavy (non-hydrogen) atoms. The van der Waals surface area contributed by atoms with Crippen LogP contribution in [0.2, 0.25) is 0 Å². The third-order valence-electron chi connectivity index (χ3n) is 4.93. The van der Waals surface area contributed by atoms with Gasteiger partial charge in [-0.25, -0.2) is 0 Å². The first-order chi connectivity index (χ1) is 8.30. The summed E-state index contributed by atoms with van der Waals surface area (Å²) in [6, 6.07) is 0.601. The van der Waals surface area contributed by atoms with Gasteiger partial charge in [0, 0.05) is 13.2 Å². The third-order valence-corrected chi connectivity index (χ3v) is 4.93. The smallest absolute Gasteiger partial charge is 0.0831 e. The predicted octanol–water partition coefficient (Wildman–Crippen LogP) is 3.50. The minimum absolute atomic E-state index is 0.178. The molecule has 0 aromatic heterocycles. The normalized spacial score (nSPS) is 25.8. The summed E-state index contributed by atoms with van der Waals surface area (Å²) in [7, 11) is 1.91. The average molecular weight is 239 g/mol. The standard InChI is InChI=1S/C15H29NO/c1-3-11-16-14(12-13-7-4-5-8-13)15(17-2)9-6-10-15/h13-14,16H,3-12H2,1-2H3. The Morgan fingerprint density at radius 2 is 1.94 bits per heavy atom. The molecule has 0 radical (unpaired) electrons. The van der Waals surface area contributed by atoms with Crippen LogP contribution in [0.1, 0.15) is 64.7 Å². The van der Waals surface area contributed by atoms with Crippen LogP contribution in [-0.2, 0) is 4.74 Å². The van der Waals surface area contributed by atoms with Crippen molar-refractivity contribution in [3.63, 3.8) is 0 Å². The average Bonchev–Trinajstić information content (AvgIpc) is 2.77. The molecule has 0 aromatic carbocycles. The zero-order valence-corrected chi connectivity index (χ0v) is 11.6. The van der Waals surface area contributed by atoms with Crippen molar-refractivity contribution < 1.29 is 4.74 Å². The van der Waals surface area contributed by atoms with Crippen LogP contribution in [0.4, 0.5) is 0 Å². The van der Waals surface area contributed by atoms with Gasteiger partial charge in [0.1, 0.15) is 0 Å². The first kappa shape index (κ1) is 13.4. The van der Waals surface area contributed by atoms with Gasteiger partial charge in [0.15, 0.2) is 0 Å². The zero-order chi connectivity index (χ0) is 12.1. The highest BCUT2D eigenvalue weighted by atomic mass is 16.5. The lowest BCUT2D eigenvalue weighted by Gasteiger charge is -2.47. The van der Waals surface area contributed by atoms with E-state index < -0.39 is 0 Å². The fraction of sp³-hybridized carbons (Fsp3) is 1.00. The predicted molar refractivity (Wildman–Crippen MR) is 72.2 cm³/mol. The minimum Gasteiger partial charge on any atom is -0.377 e. The van der Waals surface area contributed by atoms with Gasteiger partial charge in [-0.3, -0.25) is 0 Å². The number of methoxy groups -OCH3 is 1. The Kier molecular flexibility index (Phi) is 4.87. The van der Waals surface area contributed by atoms with Gasteiger partial charge in [-0.1, -0.05) is 32.6 Å². The van der Waals surface area contributed by atoms with E-state index in [0.29, 0.717) is 6.04 Å². The summed E-state index contributed by atoms with van der Waals surface area (Å²) in [5, 5.41) is 3.76. The highest BCUT2D eigenvalue weighted by Crippen LogP contribution is 2.42. The van der Waals surface area contributed by atoms with Gasteiger partial charge in [-0.2, -0.15) is 0 Å². The molecular weight excluding hydrogens is 210 g/mol. The number of hydrogen-bond acceptors (Lipinski definition) is 2. The molecule has 0 bridgehead atoms. The maximum atomic E-state index is 5.88. The van der Waals surface area contributed by atoms with Crippen molar-refractivity contribution in [2.75, 3.05) is 13.7 Å². The van der Waals surface area contributed by atoms with E-state index in [2.05, 4.69) is 12.2 Å². The molecule has 100 valence electrons. The molecule has 2 aliphatic carbocycles. The fourth-order valence-corrected chi connectivity index (χ4v) is 3.60. The van der Waals surface area contributed by atoms with Crippen LogP contribution in [-0.4, -0.2) is 25.3 Å².